The number of amides is 2. The molecule has 2 rings (SSSR count). The maximum Gasteiger partial charge on any atom is 0.265 e. The molecule has 0 aliphatic rings. The Bertz CT molecular complexity index is 934. The van der Waals surface area contributed by atoms with Gasteiger partial charge in [0, 0.05) is 33.8 Å². The highest BCUT2D eigenvalue weighted by Crippen LogP contribution is 2.26. The summed E-state index contributed by atoms with van der Waals surface area (Å²) in [4.78, 5) is 30.8. The molecule has 0 spiro atoms. The molecular weight excluding hydrogens is 376 g/mol. The molecule has 140 valence electrons. The molecule has 0 aliphatic carbocycles. The van der Waals surface area contributed by atoms with Crippen molar-refractivity contribution in [1.82, 2.24) is 9.88 Å². The summed E-state index contributed by atoms with van der Waals surface area (Å²) in [5, 5.41) is 0.123. The quantitative estimate of drug-likeness (QED) is 0.832. The summed E-state index contributed by atoms with van der Waals surface area (Å²) in [6.07, 6.45) is 0. The average molecular weight is 396 g/mol. The van der Waals surface area contributed by atoms with Crippen LogP contribution < -0.4 is 9.62 Å². The van der Waals surface area contributed by atoms with Crippen molar-refractivity contribution in [3.8, 4) is 0 Å². The maximum atomic E-state index is 12.5. The van der Waals surface area contributed by atoms with Crippen molar-refractivity contribution in [2.45, 2.75) is 18.7 Å². The Morgan fingerprint density at radius 1 is 1.12 bits per heavy atom. The number of nitrogens with one attached hydrogen (secondary N) is 1. The SMILES string of the molecule is CC(=O)N(C)c1ccc(S(=O)(=O)Nc2nc(C)c(C(=O)N(C)C)s2)cc1. The van der Waals surface area contributed by atoms with Crippen LogP contribution in [0.1, 0.15) is 22.3 Å². The highest BCUT2D eigenvalue weighted by molar-refractivity contribution is 7.93. The topological polar surface area (TPSA) is 99.7 Å². The molecule has 2 amide bonds. The van der Waals surface area contributed by atoms with Gasteiger partial charge < -0.3 is 9.80 Å². The summed E-state index contributed by atoms with van der Waals surface area (Å²) in [7, 11) is 0.979. The Morgan fingerprint density at radius 2 is 1.69 bits per heavy atom. The molecule has 10 heteroatoms. The molecular formula is C16H20N4O4S2. The fourth-order valence-corrected chi connectivity index (χ4v) is 4.27. The molecule has 1 heterocycles. The predicted molar refractivity (Wildman–Crippen MR) is 101 cm³/mol. The van der Waals surface area contributed by atoms with Crippen molar-refractivity contribution in [2.24, 2.45) is 0 Å². The van der Waals surface area contributed by atoms with Crippen LogP contribution in [-0.2, 0) is 14.8 Å². The fourth-order valence-electron chi connectivity index (χ4n) is 2.05. The molecule has 0 unspecified atom stereocenters. The second-order valence-electron chi connectivity index (χ2n) is 5.81. The Labute approximate surface area is 156 Å². The van der Waals surface area contributed by atoms with Crippen LogP contribution in [0.5, 0.6) is 0 Å². The van der Waals surface area contributed by atoms with Crippen LogP contribution in [0.15, 0.2) is 29.2 Å². The number of anilines is 2. The van der Waals surface area contributed by atoms with Gasteiger partial charge in [-0.1, -0.05) is 11.3 Å². The number of carbonyl (C=O) groups is 2. The normalized spacial score (nSPS) is 11.1. The number of aromatic nitrogens is 1. The number of sulfonamides is 1. The fraction of sp³-hybridized carbons (Fsp3) is 0.312. The molecule has 1 aromatic carbocycles. The van der Waals surface area contributed by atoms with E-state index in [1.165, 1.54) is 28.9 Å². The molecule has 8 nitrogen and oxygen atoms in total. The maximum absolute atomic E-state index is 12.5. The molecule has 26 heavy (non-hydrogen) atoms. The monoisotopic (exact) mass is 396 g/mol. The minimum absolute atomic E-state index is 0.0338. The van der Waals surface area contributed by atoms with Crippen LogP contribution in [0.3, 0.4) is 0 Å². The average Bonchev–Trinajstić information content (AvgIpc) is 2.92. The van der Waals surface area contributed by atoms with Gasteiger partial charge in [0.1, 0.15) is 4.88 Å². The summed E-state index contributed by atoms with van der Waals surface area (Å²) < 4.78 is 27.4. The first-order valence-electron chi connectivity index (χ1n) is 7.59. The van der Waals surface area contributed by atoms with Gasteiger partial charge in [0.25, 0.3) is 15.9 Å². The largest absolute Gasteiger partial charge is 0.344 e. The molecule has 0 saturated carbocycles. The Kier molecular flexibility index (Phi) is 5.67. The number of rotatable bonds is 5. The summed E-state index contributed by atoms with van der Waals surface area (Å²) in [6, 6.07) is 5.90. The summed E-state index contributed by atoms with van der Waals surface area (Å²) >= 11 is 0.984. The van der Waals surface area contributed by atoms with E-state index in [0.29, 0.717) is 16.3 Å². The van der Waals surface area contributed by atoms with Gasteiger partial charge in [-0.3, -0.25) is 14.3 Å². The number of benzene rings is 1. The van der Waals surface area contributed by atoms with E-state index < -0.39 is 10.0 Å². The van der Waals surface area contributed by atoms with E-state index in [2.05, 4.69) is 9.71 Å². The molecule has 0 saturated heterocycles. The van der Waals surface area contributed by atoms with Crippen molar-refractivity contribution in [3.63, 3.8) is 0 Å². The lowest BCUT2D eigenvalue weighted by atomic mass is 10.3. The molecule has 2 aromatic rings. The minimum atomic E-state index is -3.86. The zero-order valence-electron chi connectivity index (χ0n) is 15.1. The molecule has 0 radical (unpaired) electrons. The van der Waals surface area contributed by atoms with Crippen molar-refractivity contribution in [1.29, 1.82) is 0 Å². The number of aryl methyl sites for hydroxylation is 1. The van der Waals surface area contributed by atoms with E-state index in [4.69, 9.17) is 0 Å². The number of carbonyl (C=O) groups excluding carboxylic acids is 2. The number of hydrogen-bond acceptors (Lipinski definition) is 6. The van der Waals surface area contributed by atoms with E-state index in [0.717, 1.165) is 11.3 Å². The molecule has 0 fully saturated rings. The van der Waals surface area contributed by atoms with Crippen LogP contribution in [0.2, 0.25) is 0 Å². The second kappa shape index (κ2) is 7.42. The number of hydrogen-bond donors (Lipinski definition) is 1. The predicted octanol–water partition coefficient (Wildman–Crippen LogP) is 1.94. The third kappa shape index (κ3) is 4.20. The lowest BCUT2D eigenvalue weighted by Crippen LogP contribution is -2.22. The molecule has 1 N–H and O–H groups in total. The van der Waals surface area contributed by atoms with Gasteiger partial charge in [0.05, 0.1) is 10.6 Å². The standard InChI is InChI=1S/C16H20N4O4S2/c1-10-14(15(22)19(3)4)25-16(17-10)18-26(23,24)13-8-6-12(7-9-13)20(5)11(2)21/h6-9H,1-5H3,(H,17,18). The summed E-state index contributed by atoms with van der Waals surface area (Å²) in [6.45, 7) is 3.07. The first kappa shape index (κ1) is 19.9. The van der Waals surface area contributed by atoms with E-state index in [1.807, 2.05) is 0 Å². The first-order valence-corrected chi connectivity index (χ1v) is 9.89. The van der Waals surface area contributed by atoms with Crippen LogP contribution in [-0.4, -0.2) is 51.3 Å². The molecule has 0 atom stereocenters. The summed E-state index contributed by atoms with van der Waals surface area (Å²) in [5.41, 5.74) is 1.05. The lowest BCUT2D eigenvalue weighted by Gasteiger charge is -2.15. The van der Waals surface area contributed by atoms with Gasteiger partial charge in [-0.05, 0) is 31.2 Å². The molecule has 1 aromatic heterocycles. The smallest absolute Gasteiger partial charge is 0.265 e. The van der Waals surface area contributed by atoms with E-state index >= 15 is 0 Å². The highest BCUT2D eigenvalue weighted by atomic mass is 32.2. The van der Waals surface area contributed by atoms with Gasteiger partial charge in [-0.2, -0.15) is 0 Å². The van der Waals surface area contributed by atoms with Gasteiger partial charge in [0.2, 0.25) is 5.91 Å². The minimum Gasteiger partial charge on any atom is -0.344 e. The molecule has 0 aliphatic heterocycles. The van der Waals surface area contributed by atoms with E-state index in [1.54, 1.807) is 40.2 Å². The van der Waals surface area contributed by atoms with Crippen LogP contribution >= 0.6 is 11.3 Å². The van der Waals surface area contributed by atoms with Gasteiger partial charge in [-0.15, -0.1) is 0 Å². The van der Waals surface area contributed by atoms with Gasteiger partial charge >= 0.3 is 0 Å². The zero-order chi connectivity index (χ0) is 19.6. The van der Waals surface area contributed by atoms with Crippen molar-refractivity contribution >= 4 is 44.0 Å². The van der Waals surface area contributed by atoms with Crippen LogP contribution in [0.4, 0.5) is 10.8 Å². The summed E-state index contributed by atoms with van der Waals surface area (Å²) in [5.74, 6) is -0.392. The van der Waals surface area contributed by atoms with Gasteiger partial charge in [0.15, 0.2) is 5.13 Å². The van der Waals surface area contributed by atoms with Crippen LogP contribution in [0.25, 0.3) is 0 Å². The Hall–Kier alpha value is -2.46. The number of nitrogens with zero attached hydrogens (tertiary/aromatic N) is 3. The zero-order valence-corrected chi connectivity index (χ0v) is 16.7. The lowest BCUT2D eigenvalue weighted by molar-refractivity contribution is -0.116. The Morgan fingerprint density at radius 3 is 2.19 bits per heavy atom. The van der Waals surface area contributed by atoms with E-state index in [9.17, 15) is 18.0 Å². The highest BCUT2D eigenvalue weighted by Gasteiger charge is 2.21. The third-order valence-electron chi connectivity index (χ3n) is 3.63. The van der Waals surface area contributed by atoms with Crippen molar-refractivity contribution < 1.29 is 18.0 Å². The van der Waals surface area contributed by atoms with Crippen LogP contribution in [0, 0.1) is 6.92 Å². The molecule has 0 bridgehead atoms. The Balaban J connectivity index is 2.25. The third-order valence-corrected chi connectivity index (χ3v) is 6.17. The second-order valence-corrected chi connectivity index (χ2v) is 8.49. The van der Waals surface area contributed by atoms with Gasteiger partial charge in [-0.25, -0.2) is 13.4 Å². The first-order chi connectivity index (χ1) is 12.0. The van der Waals surface area contributed by atoms with Crippen molar-refractivity contribution in [2.75, 3.05) is 30.8 Å². The van der Waals surface area contributed by atoms with E-state index in [-0.39, 0.29) is 21.8 Å². The number of thiazole rings is 1. The van der Waals surface area contributed by atoms with Crippen molar-refractivity contribution in [3.05, 3.63) is 34.8 Å².